The Balaban J connectivity index is 2.35. The smallest absolute Gasteiger partial charge is 0.220 e. The maximum absolute atomic E-state index is 11.6. The number of rotatable bonds is 8. The minimum absolute atomic E-state index is 0.0338. The maximum Gasteiger partial charge on any atom is 0.220 e. The van der Waals surface area contributed by atoms with Crippen LogP contribution in [0.3, 0.4) is 0 Å². The molecule has 122 valence electrons. The molecule has 1 rings (SSSR count). The van der Waals surface area contributed by atoms with Crippen molar-refractivity contribution in [3.05, 3.63) is 33.8 Å². The average Bonchev–Trinajstić information content (AvgIpc) is 2.47. The number of hydrogen-bond acceptors (Lipinski definition) is 3. The summed E-state index contributed by atoms with van der Waals surface area (Å²) in [6, 6.07) is 4.73. The van der Waals surface area contributed by atoms with Gasteiger partial charge in [-0.2, -0.15) is 0 Å². The van der Waals surface area contributed by atoms with E-state index in [9.17, 15) is 14.7 Å². The van der Waals surface area contributed by atoms with Gasteiger partial charge in [0.2, 0.25) is 11.8 Å². The van der Waals surface area contributed by atoms with Crippen LogP contribution in [-0.2, 0) is 9.59 Å². The van der Waals surface area contributed by atoms with Crippen LogP contribution in [0.15, 0.2) is 18.2 Å². The molecule has 22 heavy (non-hydrogen) atoms. The lowest BCUT2D eigenvalue weighted by molar-refractivity contribution is -0.126. The summed E-state index contributed by atoms with van der Waals surface area (Å²) in [4.78, 5) is 23.0. The van der Waals surface area contributed by atoms with Crippen molar-refractivity contribution >= 4 is 35.0 Å². The van der Waals surface area contributed by atoms with Gasteiger partial charge in [0.1, 0.15) is 0 Å². The summed E-state index contributed by atoms with van der Waals surface area (Å²) in [7, 11) is 0. The standard InChI is InChI=1S/C15H20Cl2N2O3/c1-2-5-18-14(21)3-4-15(22)19-9-13(20)10-6-11(16)8-12(17)7-10/h6-8,13,20H,2-5,9H2,1H3,(H,18,21)(H,19,22). The zero-order valence-corrected chi connectivity index (χ0v) is 13.9. The fourth-order valence-corrected chi connectivity index (χ4v) is 2.31. The SMILES string of the molecule is CCCNC(=O)CCC(=O)NCC(O)c1cc(Cl)cc(Cl)c1. The van der Waals surface area contributed by atoms with Crippen LogP contribution < -0.4 is 10.6 Å². The summed E-state index contributed by atoms with van der Waals surface area (Å²) in [5.74, 6) is -0.446. The van der Waals surface area contributed by atoms with E-state index in [1.165, 1.54) is 0 Å². The zero-order valence-electron chi connectivity index (χ0n) is 12.4. The van der Waals surface area contributed by atoms with Gasteiger partial charge in [-0.15, -0.1) is 0 Å². The van der Waals surface area contributed by atoms with Crippen molar-refractivity contribution in [3.63, 3.8) is 0 Å². The van der Waals surface area contributed by atoms with E-state index in [0.29, 0.717) is 22.2 Å². The summed E-state index contributed by atoms with van der Waals surface area (Å²) in [6.45, 7) is 2.59. The fourth-order valence-electron chi connectivity index (χ4n) is 1.76. The third-order valence-electron chi connectivity index (χ3n) is 2.91. The molecule has 2 amide bonds. The Hall–Kier alpha value is -1.30. The van der Waals surface area contributed by atoms with Crippen LogP contribution in [0.2, 0.25) is 10.0 Å². The second-order valence-corrected chi connectivity index (χ2v) is 5.75. The summed E-state index contributed by atoms with van der Waals surface area (Å²) >= 11 is 11.7. The van der Waals surface area contributed by atoms with E-state index in [4.69, 9.17) is 23.2 Å². The number of aliphatic hydroxyl groups excluding tert-OH is 1. The molecule has 0 aliphatic rings. The summed E-state index contributed by atoms with van der Waals surface area (Å²) in [5.41, 5.74) is 0.526. The molecule has 1 atom stereocenters. The number of hydrogen-bond donors (Lipinski definition) is 3. The van der Waals surface area contributed by atoms with Crippen molar-refractivity contribution in [2.75, 3.05) is 13.1 Å². The lowest BCUT2D eigenvalue weighted by Gasteiger charge is -2.13. The monoisotopic (exact) mass is 346 g/mol. The zero-order chi connectivity index (χ0) is 16.5. The maximum atomic E-state index is 11.6. The number of halogens is 2. The molecule has 0 aliphatic carbocycles. The second-order valence-electron chi connectivity index (χ2n) is 4.87. The molecule has 0 saturated carbocycles. The van der Waals surface area contributed by atoms with Gasteiger partial charge in [-0.3, -0.25) is 9.59 Å². The highest BCUT2D eigenvalue weighted by Crippen LogP contribution is 2.23. The van der Waals surface area contributed by atoms with Gasteiger partial charge in [-0.25, -0.2) is 0 Å². The predicted octanol–water partition coefficient (Wildman–Crippen LogP) is 2.45. The average molecular weight is 347 g/mol. The first-order chi connectivity index (χ1) is 10.4. The molecule has 0 radical (unpaired) electrons. The van der Waals surface area contributed by atoms with Crippen LogP contribution in [0.25, 0.3) is 0 Å². The molecule has 0 bridgehead atoms. The van der Waals surface area contributed by atoms with Crippen LogP contribution in [-0.4, -0.2) is 30.0 Å². The molecule has 1 aromatic rings. The summed E-state index contributed by atoms with van der Waals surface area (Å²) < 4.78 is 0. The van der Waals surface area contributed by atoms with E-state index in [1.807, 2.05) is 6.92 Å². The Bertz CT molecular complexity index is 503. The minimum atomic E-state index is -0.908. The Morgan fingerprint density at radius 1 is 1.09 bits per heavy atom. The molecular weight excluding hydrogens is 327 g/mol. The Labute approximate surface area is 140 Å². The van der Waals surface area contributed by atoms with Crippen molar-refractivity contribution in [1.82, 2.24) is 10.6 Å². The van der Waals surface area contributed by atoms with E-state index < -0.39 is 6.10 Å². The van der Waals surface area contributed by atoms with Crippen molar-refractivity contribution in [2.24, 2.45) is 0 Å². The van der Waals surface area contributed by atoms with Gasteiger partial charge in [0.05, 0.1) is 6.10 Å². The van der Waals surface area contributed by atoms with Gasteiger partial charge in [-0.1, -0.05) is 30.1 Å². The van der Waals surface area contributed by atoms with Crippen molar-refractivity contribution in [3.8, 4) is 0 Å². The van der Waals surface area contributed by atoms with Gasteiger partial charge >= 0.3 is 0 Å². The third kappa shape index (κ3) is 7.11. The highest BCUT2D eigenvalue weighted by Gasteiger charge is 2.12. The lowest BCUT2D eigenvalue weighted by Crippen LogP contribution is -2.30. The van der Waals surface area contributed by atoms with Gasteiger partial charge < -0.3 is 15.7 Å². The normalized spacial score (nSPS) is 11.8. The highest BCUT2D eigenvalue weighted by atomic mass is 35.5. The Morgan fingerprint density at radius 3 is 2.18 bits per heavy atom. The fraction of sp³-hybridized carbons (Fsp3) is 0.467. The van der Waals surface area contributed by atoms with Crippen molar-refractivity contribution < 1.29 is 14.7 Å². The third-order valence-corrected chi connectivity index (χ3v) is 3.35. The van der Waals surface area contributed by atoms with Gasteiger partial charge in [0.25, 0.3) is 0 Å². The number of benzene rings is 1. The molecule has 5 nitrogen and oxygen atoms in total. The van der Waals surface area contributed by atoms with Crippen LogP contribution in [0.5, 0.6) is 0 Å². The molecule has 0 aliphatic heterocycles. The molecular formula is C15H20Cl2N2O3. The predicted molar refractivity (Wildman–Crippen MR) is 87.0 cm³/mol. The van der Waals surface area contributed by atoms with Crippen molar-refractivity contribution in [2.45, 2.75) is 32.3 Å². The molecule has 0 spiro atoms. The molecule has 1 aromatic carbocycles. The van der Waals surface area contributed by atoms with E-state index in [2.05, 4.69) is 10.6 Å². The molecule has 7 heteroatoms. The van der Waals surface area contributed by atoms with Crippen LogP contribution in [0.1, 0.15) is 37.9 Å². The largest absolute Gasteiger partial charge is 0.387 e. The number of aliphatic hydroxyl groups is 1. The first-order valence-electron chi connectivity index (χ1n) is 7.09. The Morgan fingerprint density at radius 2 is 1.64 bits per heavy atom. The van der Waals surface area contributed by atoms with Gasteiger partial charge in [-0.05, 0) is 30.2 Å². The van der Waals surface area contributed by atoms with E-state index >= 15 is 0 Å². The van der Waals surface area contributed by atoms with Crippen molar-refractivity contribution in [1.29, 1.82) is 0 Å². The highest BCUT2D eigenvalue weighted by molar-refractivity contribution is 6.34. The number of carbonyl (C=O) groups excluding carboxylic acids is 2. The number of carbonyl (C=O) groups is 2. The molecule has 0 fully saturated rings. The van der Waals surface area contributed by atoms with Crippen LogP contribution in [0.4, 0.5) is 0 Å². The molecule has 0 aromatic heterocycles. The summed E-state index contributed by atoms with van der Waals surface area (Å²) in [6.07, 6.45) is 0.157. The van der Waals surface area contributed by atoms with Crippen LogP contribution >= 0.6 is 23.2 Å². The van der Waals surface area contributed by atoms with Gasteiger partial charge in [0.15, 0.2) is 0 Å². The van der Waals surface area contributed by atoms with Gasteiger partial charge in [0, 0.05) is 36.0 Å². The lowest BCUT2D eigenvalue weighted by atomic mass is 10.1. The molecule has 3 N–H and O–H groups in total. The number of nitrogens with one attached hydrogen (secondary N) is 2. The molecule has 1 unspecified atom stereocenters. The first-order valence-corrected chi connectivity index (χ1v) is 7.85. The van der Waals surface area contributed by atoms with E-state index in [-0.39, 0.29) is 31.2 Å². The molecule has 0 saturated heterocycles. The topological polar surface area (TPSA) is 78.4 Å². The minimum Gasteiger partial charge on any atom is -0.387 e. The summed E-state index contributed by atoms with van der Waals surface area (Å²) in [5, 5.41) is 16.1. The second kappa shape index (κ2) is 9.66. The van der Waals surface area contributed by atoms with E-state index in [1.54, 1.807) is 18.2 Å². The Kier molecular flexibility index (Phi) is 8.24. The van der Waals surface area contributed by atoms with Crippen LogP contribution in [0, 0.1) is 0 Å². The number of amides is 2. The first kappa shape index (κ1) is 18.7. The quantitative estimate of drug-likeness (QED) is 0.676. The molecule has 0 heterocycles. The van der Waals surface area contributed by atoms with E-state index in [0.717, 1.165) is 6.42 Å².